The van der Waals surface area contributed by atoms with Crippen LogP contribution in [0, 0.1) is 0 Å². The van der Waals surface area contributed by atoms with Crippen LogP contribution in [-0.4, -0.2) is 0 Å². The normalized spacial score (nSPS) is 15.1. The molecule has 11 aromatic carbocycles. The summed E-state index contributed by atoms with van der Waals surface area (Å²) >= 11 is 0. The fourth-order valence-electron chi connectivity index (χ4n) is 15.1. The van der Waals surface area contributed by atoms with Gasteiger partial charge in [0.1, 0.15) is 0 Å². The topological polar surface area (TPSA) is 3.24 Å². The summed E-state index contributed by atoms with van der Waals surface area (Å²) in [5.74, 6) is 0. The number of para-hydroxylation sites is 1. The van der Waals surface area contributed by atoms with E-state index in [0.29, 0.717) is 0 Å². The third kappa shape index (κ3) is 6.58. The van der Waals surface area contributed by atoms with E-state index >= 15 is 0 Å². The summed E-state index contributed by atoms with van der Waals surface area (Å²) in [7, 11) is 0. The summed E-state index contributed by atoms with van der Waals surface area (Å²) in [5, 5.41) is 0. The van der Waals surface area contributed by atoms with Gasteiger partial charge in [0.15, 0.2) is 0 Å². The Balaban J connectivity index is 1.02. The van der Waals surface area contributed by atoms with Crippen LogP contribution in [0.25, 0.3) is 55.6 Å². The van der Waals surface area contributed by atoms with Gasteiger partial charge in [-0.1, -0.05) is 274 Å². The number of hydrogen-bond acceptors (Lipinski definition) is 1. The highest BCUT2D eigenvalue weighted by Gasteiger charge is 2.53. The molecule has 0 radical (unpaired) electrons. The lowest BCUT2D eigenvalue weighted by molar-refractivity contribution is 0.586. The minimum atomic E-state index is -0.574. The van der Waals surface area contributed by atoms with Gasteiger partial charge in [-0.05, 0) is 158 Å². The van der Waals surface area contributed by atoms with Crippen LogP contribution in [0.1, 0.15) is 122 Å². The van der Waals surface area contributed by atoms with Crippen molar-refractivity contribution in [2.45, 2.75) is 82.5 Å². The average molecular weight is 1030 g/mol. The molecule has 0 unspecified atom stereocenters. The maximum atomic E-state index is 2.59. The fourth-order valence-corrected chi connectivity index (χ4v) is 15.1. The zero-order valence-electron chi connectivity index (χ0n) is 47.1. The van der Waals surface area contributed by atoms with Crippen LogP contribution < -0.4 is 4.90 Å². The summed E-state index contributed by atoms with van der Waals surface area (Å²) in [4.78, 5) is 2.59. The summed E-state index contributed by atoms with van der Waals surface area (Å²) in [5.41, 5.74) is 30.8. The molecule has 0 fully saturated rings. The second kappa shape index (κ2) is 17.1. The monoisotopic (exact) mass is 1030 g/mol. The smallest absolute Gasteiger partial charge is 0.0725 e. The largest absolute Gasteiger partial charge is 0.310 e. The number of anilines is 3. The summed E-state index contributed by atoms with van der Waals surface area (Å²) in [6.45, 7) is 18.9. The van der Waals surface area contributed by atoms with Crippen molar-refractivity contribution in [3.8, 4) is 55.6 Å². The molecule has 0 aromatic heterocycles. The first-order valence-corrected chi connectivity index (χ1v) is 28.7. The predicted octanol–water partition coefficient (Wildman–Crippen LogP) is 20.4. The van der Waals surface area contributed by atoms with E-state index < -0.39 is 10.8 Å². The lowest BCUT2D eigenvalue weighted by atomic mass is 9.67. The predicted molar refractivity (Wildman–Crippen MR) is 335 cm³/mol. The molecular formula is C79H65N. The van der Waals surface area contributed by atoms with E-state index in [1.165, 1.54) is 122 Å². The molecule has 1 nitrogen and oxygen atoms in total. The Morgan fingerprint density at radius 1 is 0.275 bits per heavy atom. The highest BCUT2D eigenvalue weighted by Crippen LogP contribution is 2.65. The molecule has 15 rings (SSSR count). The molecule has 0 atom stereocenters. The maximum absolute atomic E-state index is 2.59. The standard InChI is InChI=1S/C79H65N/c1-75(2,3)52-38-42-58-59-43-39-53(76(4,5)6)47-71(59)79(70(58)46-52)67-35-21-16-29-57(67)64-48-54(41-45-68(64)79)80(73-37-22-18-30-61(73)62-32-23-36-69-74(62)63-31-17-19-33-65(63)77(69,7)8)55-40-44-60-56-28-15-20-34-66(56)78(72(60)49-55,50-24-11-9-12-25-50)51-26-13-10-14-27-51/h9-49H,1-8H3. The van der Waals surface area contributed by atoms with Gasteiger partial charge in [0.2, 0.25) is 0 Å². The Morgan fingerprint density at radius 2 is 0.688 bits per heavy atom. The third-order valence-electron chi connectivity index (χ3n) is 18.9. The van der Waals surface area contributed by atoms with Crippen LogP contribution in [0.5, 0.6) is 0 Å². The number of nitrogens with zero attached hydrogens (tertiary/aromatic N) is 1. The molecule has 386 valence electrons. The molecule has 4 aliphatic carbocycles. The zero-order valence-corrected chi connectivity index (χ0v) is 47.1. The Hall–Kier alpha value is -8.78. The van der Waals surface area contributed by atoms with Gasteiger partial charge in [0.25, 0.3) is 0 Å². The van der Waals surface area contributed by atoms with Gasteiger partial charge < -0.3 is 4.90 Å². The van der Waals surface area contributed by atoms with Gasteiger partial charge >= 0.3 is 0 Å². The molecule has 0 aliphatic heterocycles. The summed E-state index contributed by atoms with van der Waals surface area (Å²) in [6.07, 6.45) is 0. The van der Waals surface area contributed by atoms with Gasteiger partial charge in [-0.2, -0.15) is 0 Å². The van der Waals surface area contributed by atoms with Crippen molar-refractivity contribution in [1.82, 2.24) is 0 Å². The highest BCUT2D eigenvalue weighted by molar-refractivity contribution is 6.01. The molecule has 0 saturated carbocycles. The highest BCUT2D eigenvalue weighted by atomic mass is 15.1. The lowest BCUT2D eigenvalue weighted by Gasteiger charge is -2.35. The van der Waals surface area contributed by atoms with E-state index in [1.807, 2.05) is 0 Å². The number of fused-ring (bicyclic) bond motifs is 16. The maximum Gasteiger partial charge on any atom is 0.0725 e. The van der Waals surface area contributed by atoms with Crippen molar-refractivity contribution in [1.29, 1.82) is 0 Å². The second-order valence-electron chi connectivity index (χ2n) is 25.6. The van der Waals surface area contributed by atoms with Crippen LogP contribution >= 0.6 is 0 Å². The molecule has 0 saturated heterocycles. The Morgan fingerprint density at radius 3 is 1.29 bits per heavy atom. The van der Waals surface area contributed by atoms with Crippen LogP contribution in [-0.2, 0) is 27.1 Å². The molecule has 11 aromatic rings. The molecule has 0 heterocycles. The SMILES string of the molecule is CC(C)(C)c1ccc2c(c1)C1(c3ccccc3-c3cc(N(c4ccc5c(c4)C(c4ccccc4)(c4ccccc4)c4ccccc4-5)c4ccccc4-c4cccc5c4-c4ccccc4C5(C)C)ccc31)c1cc(C(C)(C)C)ccc1-2. The quantitative estimate of drug-likeness (QED) is 0.160. The van der Waals surface area contributed by atoms with E-state index in [4.69, 9.17) is 0 Å². The Bertz CT molecular complexity index is 4240. The van der Waals surface area contributed by atoms with Crippen molar-refractivity contribution in [3.63, 3.8) is 0 Å². The molecule has 0 bridgehead atoms. The average Bonchev–Trinajstić information content (AvgIpc) is 4.35. The second-order valence-corrected chi connectivity index (χ2v) is 25.6. The molecule has 1 spiro atoms. The van der Waals surface area contributed by atoms with Crippen LogP contribution in [0.15, 0.2) is 249 Å². The van der Waals surface area contributed by atoms with Gasteiger partial charge in [0.05, 0.1) is 16.5 Å². The van der Waals surface area contributed by atoms with Crippen molar-refractivity contribution in [2.24, 2.45) is 0 Å². The van der Waals surface area contributed by atoms with Crippen LogP contribution in [0.2, 0.25) is 0 Å². The Labute approximate surface area is 472 Å². The lowest BCUT2D eigenvalue weighted by Crippen LogP contribution is -2.28. The van der Waals surface area contributed by atoms with Gasteiger partial charge in [-0.25, -0.2) is 0 Å². The molecule has 1 heteroatoms. The molecule has 0 N–H and O–H groups in total. The van der Waals surface area contributed by atoms with Crippen LogP contribution in [0.4, 0.5) is 17.1 Å². The van der Waals surface area contributed by atoms with Gasteiger partial charge in [0, 0.05) is 22.4 Å². The third-order valence-corrected chi connectivity index (χ3v) is 18.9. The molecule has 0 amide bonds. The summed E-state index contributed by atoms with van der Waals surface area (Å²) < 4.78 is 0. The van der Waals surface area contributed by atoms with Gasteiger partial charge in [-0.15, -0.1) is 0 Å². The summed E-state index contributed by atoms with van der Waals surface area (Å²) in [6, 6.07) is 95.6. The van der Waals surface area contributed by atoms with E-state index in [2.05, 4.69) is 309 Å². The minimum Gasteiger partial charge on any atom is -0.310 e. The minimum absolute atomic E-state index is 0.0349. The van der Waals surface area contributed by atoms with Crippen LogP contribution in [0.3, 0.4) is 0 Å². The fraction of sp³-hybridized carbons (Fsp3) is 0.165. The van der Waals surface area contributed by atoms with Crippen molar-refractivity contribution < 1.29 is 0 Å². The first-order chi connectivity index (χ1) is 38.7. The molecular weight excluding hydrogens is 963 g/mol. The van der Waals surface area contributed by atoms with E-state index in [-0.39, 0.29) is 16.2 Å². The zero-order chi connectivity index (χ0) is 54.5. The first kappa shape index (κ1) is 48.4. The number of benzene rings is 11. The number of rotatable bonds is 6. The number of hydrogen-bond donors (Lipinski definition) is 0. The van der Waals surface area contributed by atoms with E-state index in [9.17, 15) is 0 Å². The Kier molecular flexibility index (Phi) is 10.3. The molecule has 4 aliphatic rings. The van der Waals surface area contributed by atoms with Crippen molar-refractivity contribution >= 4 is 17.1 Å². The first-order valence-electron chi connectivity index (χ1n) is 28.7. The van der Waals surface area contributed by atoms with Crippen molar-refractivity contribution in [3.05, 3.63) is 315 Å². The molecule has 80 heavy (non-hydrogen) atoms. The van der Waals surface area contributed by atoms with Crippen molar-refractivity contribution in [2.75, 3.05) is 4.90 Å². The van der Waals surface area contributed by atoms with Gasteiger partial charge in [-0.3, -0.25) is 0 Å². The van der Waals surface area contributed by atoms with E-state index in [0.717, 1.165) is 17.1 Å². The van der Waals surface area contributed by atoms with E-state index in [1.54, 1.807) is 0 Å².